The van der Waals surface area contributed by atoms with Crippen LogP contribution in [0.15, 0.2) is 22.7 Å². The minimum Gasteiger partial charge on any atom is -0.486 e. The molecule has 1 aromatic rings. The predicted octanol–water partition coefficient (Wildman–Crippen LogP) is 3.58. The summed E-state index contributed by atoms with van der Waals surface area (Å²) in [5, 5.41) is 11.0. The van der Waals surface area contributed by atoms with E-state index in [1.807, 2.05) is 13.8 Å². The molecule has 0 bridgehead atoms. The Bertz CT molecular complexity index is 620. The first-order valence-corrected chi connectivity index (χ1v) is 9.37. The zero-order chi connectivity index (χ0) is 16.2. The van der Waals surface area contributed by atoms with E-state index in [0.29, 0.717) is 4.47 Å². The summed E-state index contributed by atoms with van der Waals surface area (Å²) in [5.74, 6) is -0.524. The third kappa shape index (κ3) is 5.80. The minimum atomic E-state index is -3.66. The molecule has 0 aliphatic carbocycles. The lowest BCUT2D eigenvalue weighted by Gasteiger charge is -2.20. The standard InChI is InChI=1S/C12H15BrClNO5S/c1-8(2)9(7-21(14,18)19)6-20-12-10(13)4-3-5-11(12)15(16)17/h3-5,8-9H,6-7H2,1-2H3. The van der Waals surface area contributed by atoms with Gasteiger partial charge in [0.05, 0.1) is 21.8 Å². The van der Waals surface area contributed by atoms with Crippen LogP contribution >= 0.6 is 26.6 Å². The van der Waals surface area contributed by atoms with Crippen molar-refractivity contribution < 1.29 is 18.1 Å². The summed E-state index contributed by atoms with van der Waals surface area (Å²) in [6.07, 6.45) is 0. The van der Waals surface area contributed by atoms with E-state index in [0.717, 1.165) is 0 Å². The largest absolute Gasteiger partial charge is 0.486 e. The Morgan fingerprint density at radius 2 is 2.05 bits per heavy atom. The van der Waals surface area contributed by atoms with Crippen LogP contribution in [0.4, 0.5) is 5.69 Å². The second-order valence-electron chi connectivity index (χ2n) is 4.87. The molecule has 1 rings (SSSR count). The number of halogens is 2. The van der Waals surface area contributed by atoms with Crippen molar-refractivity contribution in [2.75, 3.05) is 12.4 Å². The summed E-state index contributed by atoms with van der Waals surface area (Å²) in [7, 11) is 1.60. The van der Waals surface area contributed by atoms with Crippen molar-refractivity contribution in [1.29, 1.82) is 0 Å². The Balaban J connectivity index is 2.93. The molecule has 118 valence electrons. The van der Waals surface area contributed by atoms with Crippen molar-refractivity contribution >= 4 is 41.4 Å². The van der Waals surface area contributed by atoms with Crippen LogP contribution in [0.25, 0.3) is 0 Å². The van der Waals surface area contributed by atoms with Crippen LogP contribution in [-0.2, 0) is 9.05 Å². The molecule has 1 atom stereocenters. The summed E-state index contributed by atoms with van der Waals surface area (Å²) in [4.78, 5) is 10.4. The van der Waals surface area contributed by atoms with E-state index in [2.05, 4.69) is 15.9 Å². The molecule has 1 unspecified atom stereocenters. The number of benzene rings is 1. The van der Waals surface area contributed by atoms with E-state index >= 15 is 0 Å². The summed E-state index contributed by atoms with van der Waals surface area (Å²) < 4.78 is 28.3. The topological polar surface area (TPSA) is 86.5 Å². The minimum absolute atomic E-state index is 0.0000638. The summed E-state index contributed by atoms with van der Waals surface area (Å²) in [6, 6.07) is 4.46. The molecule has 0 aliphatic rings. The van der Waals surface area contributed by atoms with E-state index in [1.54, 1.807) is 6.07 Å². The van der Waals surface area contributed by atoms with Crippen molar-refractivity contribution in [1.82, 2.24) is 0 Å². The molecule has 0 radical (unpaired) electrons. The maximum Gasteiger partial charge on any atom is 0.312 e. The number of hydrogen-bond donors (Lipinski definition) is 0. The van der Waals surface area contributed by atoms with E-state index in [-0.39, 0.29) is 35.6 Å². The quantitative estimate of drug-likeness (QED) is 0.397. The van der Waals surface area contributed by atoms with Crippen LogP contribution in [0.5, 0.6) is 5.75 Å². The smallest absolute Gasteiger partial charge is 0.312 e. The Morgan fingerprint density at radius 1 is 1.43 bits per heavy atom. The van der Waals surface area contributed by atoms with Gasteiger partial charge < -0.3 is 4.74 Å². The zero-order valence-corrected chi connectivity index (χ0v) is 14.6. The van der Waals surface area contributed by atoms with Crippen LogP contribution in [0.1, 0.15) is 13.8 Å². The van der Waals surface area contributed by atoms with Crippen molar-refractivity contribution in [3.05, 3.63) is 32.8 Å². The first kappa shape index (κ1) is 18.2. The molecule has 1 aromatic carbocycles. The average Bonchev–Trinajstić information content (AvgIpc) is 2.33. The van der Waals surface area contributed by atoms with Gasteiger partial charge in [-0.2, -0.15) is 0 Å². The summed E-state index contributed by atoms with van der Waals surface area (Å²) >= 11 is 3.19. The first-order chi connectivity index (χ1) is 9.61. The second-order valence-corrected chi connectivity index (χ2v) is 8.54. The molecular weight excluding hydrogens is 386 g/mol. The Labute approximate surface area is 136 Å². The van der Waals surface area contributed by atoms with Crippen molar-refractivity contribution in [3.63, 3.8) is 0 Å². The number of nitrogens with zero attached hydrogens (tertiary/aromatic N) is 1. The van der Waals surface area contributed by atoms with Crippen LogP contribution in [-0.4, -0.2) is 25.7 Å². The van der Waals surface area contributed by atoms with E-state index < -0.39 is 14.0 Å². The predicted molar refractivity (Wildman–Crippen MR) is 84.3 cm³/mol. The molecule has 0 amide bonds. The third-order valence-electron chi connectivity index (χ3n) is 2.94. The number of nitro benzene ring substituents is 1. The fourth-order valence-electron chi connectivity index (χ4n) is 1.66. The second kappa shape index (κ2) is 7.42. The number of hydrogen-bond acceptors (Lipinski definition) is 5. The molecule has 21 heavy (non-hydrogen) atoms. The molecular formula is C12H15BrClNO5S. The lowest BCUT2D eigenvalue weighted by Crippen LogP contribution is -2.24. The normalized spacial score (nSPS) is 13.2. The maximum atomic E-state index is 11.2. The zero-order valence-electron chi connectivity index (χ0n) is 11.5. The van der Waals surface area contributed by atoms with Gasteiger partial charge in [0.2, 0.25) is 14.8 Å². The van der Waals surface area contributed by atoms with Crippen molar-refractivity contribution in [2.45, 2.75) is 13.8 Å². The average molecular weight is 401 g/mol. The van der Waals surface area contributed by atoms with E-state index in [4.69, 9.17) is 15.4 Å². The van der Waals surface area contributed by atoms with E-state index in [9.17, 15) is 18.5 Å². The highest BCUT2D eigenvalue weighted by molar-refractivity contribution is 9.10. The summed E-state index contributed by atoms with van der Waals surface area (Å²) in [6.45, 7) is 3.70. The molecule has 9 heteroatoms. The van der Waals surface area contributed by atoms with Gasteiger partial charge in [-0.1, -0.05) is 19.9 Å². The Morgan fingerprint density at radius 3 is 2.52 bits per heavy atom. The van der Waals surface area contributed by atoms with Crippen LogP contribution in [0, 0.1) is 22.0 Å². The van der Waals surface area contributed by atoms with Gasteiger partial charge in [0.15, 0.2) is 0 Å². The molecule has 0 heterocycles. The Kier molecular flexibility index (Phi) is 6.42. The Hall–Kier alpha value is -0.860. The SMILES string of the molecule is CC(C)C(COc1c(Br)cccc1[N+](=O)[O-])CS(=O)(=O)Cl. The fourth-order valence-corrected chi connectivity index (χ4v) is 3.61. The molecule has 0 aliphatic heterocycles. The number of nitro groups is 1. The molecule has 6 nitrogen and oxygen atoms in total. The van der Waals surface area contributed by atoms with Gasteiger partial charge in [-0.3, -0.25) is 10.1 Å². The van der Waals surface area contributed by atoms with Gasteiger partial charge in [-0.05, 0) is 27.9 Å². The molecule has 0 saturated carbocycles. The van der Waals surface area contributed by atoms with Crippen LogP contribution in [0.3, 0.4) is 0 Å². The highest BCUT2D eigenvalue weighted by Gasteiger charge is 2.24. The molecule has 0 saturated heterocycles. The lowest BCUT2D eigenvalue weighted by atomic mass is 9.99. The van der Waals surface area contributed by atoms with Gasteiger partial charge in [0, 0.05) is 22.7 Å². The number of rotatable bonds is 7. The molecule has 0 N–H and O–H groups in total. The van der Waals surface area contributed by atoms with Crippen molar-refractivity contribution in [2.24, 2.45) is 11.8 Å². The van der Waals surface area contributed by atoms with Gasteiger partial charge in [-0.25, -0.2) is 8.42 Å². The van der Waals surface area contributed by atoms with Crippen molar-refractivity contribution in [3.8, 4) is 5.75 Å². The third-order valence-corrected chi connectivity index (χ3v) is 4.77. The first-order valence-electron chi connectivity index (χ1n) is 6.10. The monoisotopic (exact) mass is 399 g/mol. The summed E-state index contributed by atoms with van der Waals surface area (Å²) in [5.41, 5.74) is -0.180. The lowest BCUT2D eigenvalue weighted by molar-refractivity contribution is -0.386. The van der Waals surface area contributed by atoms with Gasteiger partial charge in [0.1, 0.15) is 0 Å². The fraction of sp³-hybridized carbons (Fsp3) is 0.500. The van der Waals surface area contributed by atoms with Crippen LogP contribution < -0.4 is 4.74 Å². The molecule has 0 spiro atoms. The maximum absolute atomic E-state index is 11.2. The van der Waals surface area contributed by atoms with Crippen LogP contribution in [0.2, 0.25) is 0 Å². The van der Waals surface area contributed by atoms with Gasteiger partial charge in [-0.15, -0.1) is 0 Å². The molecule has 0 aromatic heterocycles. The highest BCUT2D eigenvalue weighted by Crippen LogP contribution is 2.35. The number of para-hydroxylation sites is 1. The van der Waals surface area contributed by atoms with E-state index in [1.165, 1.54) is 12.1 Å². The highest BCUT2D eigenvalue weighted by atomic mass is 79.9. The van der Waals surface area contributed by atoms with Gasteiger partial charge >= 0.3 is 5.69 Å². The van der Waals surface area contributed by atoms with Gasteiger partial charge in [0.25, 0.3) is 0 Å². The molecule has 0 fully saturated rings. The number of ether oxygens (including phenoxy) is 1.